The van der Waals surface area contributed by atoms with E-state index in [0.29, 0.717) is 13.2 Å². The molecule has 0 radical (unpaired) electrons. The van der Waals surface area contributed by atoms with E-state index in [2.05, 4.69) is 5.32 Å². The molecule has 3 rings (SSSR count). The van der Waals surface area contributed by atoms with Crippen LogP contribution < -0.4 is 5.32 Å². The lowest BCUT2D eigenvalue weighted by atomic mass is 9.92. The first-order valence-corrected chi connectivity index (χ1v) is 7.91. The summed E-state index contributed by atoms with van der Waals surface area (Å²) in [5.41, 5.74) is 0.725. The fourth-order valence-electron chi connectivity index (χ4n) is 3.24. The van der Waals surface area contributed by atoms with Crippen molar-refractivity contribution in [1.82, 2.24) is 5.32 Å². The highest BCUT2D eigenvalue weighted by Gasteiger charge is 2.37. The van der Waals surface area contributed by atoms with Crippen molar-refractivity contribution < 1.29 is 14.3 Å². The van der Waals surface area contributed by atoms with Crippen LogP contribution >= 0.6 is 0 Å². The minimum atomic E-state index is -0.379. The van der Waals surface area contributed by atoms with Crippen molar-refractivity contribution >= 4 is 5.91 Å². The molecule has 1 unspecified atom stereocenters. The van der Waals surface area contributed by atoms with Gasteiger partial charge in [-0.15, -0.1) is 0 Å². The lowest BCUT2D eigenvalue weighted by Crippen LogP contribution is -2.39. The molecule has 4 heteroatoms. The molecule has 1 aromatic rings. The molecule has 21 heavy (non-hydrogen) atoms. The van der Waals surface area contributed by atoms with Crippen molar-refractivity contribution in [3.63, 3.8) is 0 Å². The molecular weight excluding hydrogens is 266 g/mol. The lowest BCUT2D eigenvalue weighted by Gasteiger charge is -2.32. The molecule has 1 amide bonds. The summed E-state index contributed by atoms with van der Waals surface area (Å²) in [4.78, 5) is 12.3. The Bertz CT molecular complexity index is 468. The number of ether oxygens (including phenoxy) is 2. The second-order valence-corrected chi connectivity index (χ2v) is 5.93. The summed E-state index contributed by atoms with van der Waals surface area (Å²) in [6, 6.07) is 9.62. The van der Waals surface area contributed by atoms with Gasteiger partial charge in [-0.2, -0.15) is 0 Å². The Hall–Kier alpha value is -1.39. The first-order chi connectivity index (χ1) is 10.3. The molecule has 0 bridgehead atoms. The number of amides is 1. The lowest BCUT2D eigenvalue weighted by molar-refractivity contribution is -0.171. The van der Waals surface area contributed by atoms with Crippen LogP contribution in [0, 0.1) is 0 Å². The Morgan fingerprint density at radius 3 is 2.57 bits per heavy atom. The van der Waals surface area contributed by atoms with Crippen LogP contribution in [-0.2, 0) is 9.47 Å². The quantitative estimate of drug-likeness (QED) is 0.910. The maximum absolute atomic E-state index is 12.3. The largest absolute Gasteiger partial charge is 0.349 e. The summed E-state index contributed by atoms with van der Waals surface area (Å²) in [6.07, 6.45) is 6.00. The first kappa shape index (κ1) is 14.5. The molecule has 1 aliphatic heterocycles. The number of hydrogen-bond acceptors (Lipinski definition) is 3. The monoisotopic (exact) mass is 289 g/mol. The number of nitrogens with one attached hydrogen (secondary N) is 1. The molecule has 1 aliphatic carbocycles. The van der Waals surface area contributed by atoms with Gasteiger partial charge in [-0.1, -0.05) is 24.6 Å². The Kier molecular flexibility index (Phi) is 4.56. The van der Waals surface area contributed by atoms with Crippen LogP contribution in [0.3, 0.4) is 0 Å². The van der Waals surface area contributed by atoms with E-state index >= 15 is 0 Å². The number of hydrogen-bond donors (Lipinski definition) is 1. The van der Waals surface area contributed by atoms with Gasteiger partial charge < -0.3 is 14.8 Å². The van der Waals surface area contributed by atoms with Gasteiger partial charge in [0.15, 0.2) is 5.79 Å². The first-order valence-electron chi connectivity index (χ1n) is 7.91. The standard InChI is InChI=1S/C17H23NO3/c19-16(14-6-2-1-3-7-14)18-15-8-4-5-10-17(11-9-15)20-12-13-21-17/h1-3,6-7,15H,4-5,8-13H2,(H,18,19). The highest BCUT2D eigenvalue weighted by molar-refractivity contribution is 5.94. The highest BCUT2D eigenvalue weighted by Crippen LogP contribution is 2.33. The van der Waals surface area contributed by atoms with Crippen molar-refractivity contribution in [1.29, 1.82) is 0 Å². The molecule has 2 fully saturated rings. The van der Waals surface area contributed by atoms with E-state index in [9.17, 15) is 4.79 Å². The topological polar surface area (TPSA) is 47.6 Å². The van der Waals surface area contributed by atoms with E-state index in [1.165, 1.54) is 0 Å². The molecule has 1 saturated heterocycles. The van der Waals surface area contributed by atoms with Crippen LogP contribution in [-0.4, -0.2) is 30.9 Å². The van der Waals surface area contributed by atoms with E-state index in [-0.39, 0.29) is 17.7 Å². The molecule has 1 N–H and O–H groups in total. The summed E-state index contributed by atoms with van der Waals surface area (Å²) in [7, 11) is 0. The minimum absolute atomic E-state index is 0.0171. The minimum Gasteiger partial charge on any atom is -0.349 e. The normalized spacial score (nSPS) is 25.2. The second kappa shape index (κ2) is 6.58. The zero-order valence-corrected chi connectivity index (χ0v) is 12.3. The van der Waals surface area contributed by atoms with Crippen LogP contribution in [0.4, 0.5) is 0 Å². The van der Waals surface area contributed by atoms with Crippen molar-refractivity contribution in [2.45, 2.75) is 50.4 Å². The summed E-state index contributed by atoms with van der Waals surface area (Å²) < 4.78 is 11.6. The molecule has 1 atom stereocenters. The van der Waals surface area contributed by atoms with E-state index in [4.69, 9.17) is 9.47 Å². The number of benzene rings is 1. The SMILES string of the molecule is O=C(NC1CCCCC2(CC1)OCCO2)c1ccccc1. The Morgan fingerprint density at radius 2 is 1.81 bits per heavy atom. The van der Waals surface area contributed by atoms with Crippen molar-refractivity contribution in [2.75, 3.05) is 13.2 Å². The van der Waals surface area contributed by atoms with Crippen LogP contribution in [0.5, 0.6) is 0 Å². The molecule has 1 aromatic carbocycles. The molecule has 4 nitrogen and oxygen atoms in total. The van der Waals surface area contributed by atoms with Crippen LogP contribution in [0.15, 0.2) is 30.3 Å². The maximum Gasteiger partial charge on any atom is 0.251 e. The van der Waals surface area contributed by atoms with Gasteiger partial charge in [0.05, 0.1) is 13.2 Å². The van der Waals surface area contributed by atoms with Crippen LogP contribution in [0.2, 0.25) is 0 Å². The zero-order chi connectivity index (χ0) is 14.5. The van der Waals surface area contributed by atoms with Crippen molar-refractivity contribution in [2.24, 2.45) is 0 Å². The molecule has 0 aromatic heterocycles. The van der Waals surface area contributed by atoms with E-state index in [1.54, 1.807) is 0 Å². The van der Waals surface area contributed by atoms with Gasteiger partial charge in [-0.25, -0.2) is 0 Å². The van der Waals surface area contributed by atoms with E-state index in [0.717, 1.165) is 44.1 Å². The van der Waals surface area contributed by atoms with Gasteiger partial charge in [-0.3, -0.25) is 4.79 Å². The van der Waals surface area contributed by atoms with Gasteiger partial charge in [0.25, 0.3) is 5.91 Å². The highest BCUT2D eigenvalue weighted by atomic mass is 16.7. The predicted octanol–water partition coefficient (Wildman–Crippen LogP) is 2.88. The second-order valence-electron chi connectivity index (χ2n) is 5.93. The van der Waals surface area contributed by atoms with Gasteiger partial charge in [-0.05, 0) is 31.4 Å². The summed E-state index contributed by atoms with van der Waals surface area (Å²) in [5.74, 6) is -0.362. The Balaban J connectivity index is 1.59. The van der Waals surface area contributed by atoms with E-state index in [1.807, 2.05) is 30.3 Å². The van der Waals surface area contributed by atoms with Crippen molar-refractivity contribution in [3.8, 4) is 0 Å². The number of carbonyl (C=O) groups is 1. The smallest absolute Gasteiger partial charge is 0.251 e. The molecule has 1 spiro atoms. The van der Waals surface area contributed by atoms with Crippen LogP contribution in [0.25, 0.3) is 0 Å². The summed E-state index contributed by atoms with van der Waals surface area (Å²) in [5, 5.41) is 3.16. The Morgan fingerprint density at radius 1 is 1.05 bits per heavy atom. The summed E-state index contributed by atoms with van der Waals surface area (Å²) >= 11 is 0. The van der Waals surface area contributed by atoms with Crippen molar-refractivity contribution in [3.05, 3.63) is 35.9 Å². The third kappa shape index (κ3) is 3.63. The van der Waals surface area contributed by atoms with Gasteiger partial charge in [0.2, 0.25) is 0 Å². The van der Waals surface area contributed by atoms with Crippen LogP contribution in [0.1, 0.15) is 48.9 Å². The molecule has 114 valence electrons. The van der Waals surface area contributed by atoms with Gasteiger partial charge in [0.1, 0.15) is 0 Å². The molecular formula is C17H23NO3. The van der Waals surface area contributed by atoms with E-state index < -0.39 is 0 Å². The number of rotatable bonds is 2. The average Bonchev–Trinajstić information content (AvgIpc) is 2.97. The zero-order valence-electron chi connectivity index (χ0n) is 12.3. The molecule has 1 saturated carbocycles. The van der Waals surface area contributed by atoms with Gasteiger partial charge >= 0.3 is 0 Å². The fourth-order valence-corrected chi connectivity index (χ4v) is 3.24. The fraction of sp³-hybridized carbons (Fsp3) is 0.588. The third-order valence-electron chi connectivity index (χ3n) is 4.42. The molecule has 2 aliphatic rings. The average molecular weight is 289 g/mol. The third-order valence-corrected chi connectivity index (χ3v) is 4.42. The molecule has 1 heterocycles. The number of carbonyl (C=O) groups excluding carboxylic acids is 1. The van der Waals surface area contributed by atoms with Gasteiger partial charge in [0, 0.05) is 24.4 Å². The predicted molar refractivity (Wildman–Crippen MR) is 80.0 cm³/mol. The Labute approximate surface area is 125 Å². The summed E-state index contributed by atoms with van der Waals surface area (Å²) in [6.45, 7) is 1.39. The maximum atomic E-state index is 12.3.